The van der Waals surface area contributed by atoms with Crippen LogP contribution in [0.15, 0.2) is 34.9 Å². The lowest BCUT2D eigenvalue weighted by atomic mass is 9.47. The van der Waals surface area contributed by atoms with Crippen LogP contribution in [0.4, 0.5) is 0 Å². The zero-order chi connectivity index (χ0) is 21.5. The van der Waals surface area contributed by atoms with Crippen LogP contribution in [0.3, 0.4) is 0 Å². The predicted octanol–water partition coefficient (Wildman–Crippen LogP) is 8.01. The molecule has 0 aliphatic heterocycles. The van der Waals surface area contributed by atoms with E-state index in [2.05, 4.69) is 52.8 Å². The summed E-state index contributed by atoms with van der Waals surface area (Å²) in [5.41, 5.74) is 5.89. The van der Waals surface area contributed by atoms with Crippen LogP contribution in [0.5, 0.6) is 0 Å². The van der Waals surface area contributed by atoms with E-state index in [4.69, 9.17) is 0 Å². The van der Waals surface area contributed by atoms with E-state index in [1.54, 1.807) is 16.7 Å². The second kappa shape index (κ2) is 8.61. The highest BCUT2D eigenvalue weighted by molar-refractivity contribution is 5.30. The molecule has 0 aromatic carbocycles. The Morgan fingerprint density at radius 1 is 0.900 bits per heavy atom. The van der Waals surface area contributed by atoms with Crippen molar-refractivity contribution in [3.8, 4) is 0 Å². The molecule has 1 N–H and O–H groups in total. The Labute approximate surface area is 186 Å². The van der Waals surface area contributed by atoms with E-state index in [0.717, 1.165) is 36.5 Å². The molecule has 0 aromatic heterocycles. The Balaban J connectivity index is 0.000000230. The van der Waals surface area contributed by atoms with E-state index < -0.39 is 0 Å². The molecule has 2 saturated carbocycles. The summed E-state index contributed by atoms with van der Waals surface area (Å²) in [5, 5.41) is 10.1. The van der Waals surface area contributed by atoms with Crippen molar-refractivity contribution in [1.82, 2.24) is 0 Å². The van der Waals surface area contributed by atoms with Crippen molar-refractivity contribution in [3.05, 3.63) is 34.9 Å². The molecule has 0 amide bonds. The van der Waals surface area contributed by atoms with E-state index in [1.165, 1.54) is 57.8 Å². The highest BCUT2D eigenvalue weighted by Crippen LogP contribution is 2.65. The summed E-state index contributed by atoms with van der Waals surface area (Å²) in [4.78, 5) is 0. The quantitative estimate of drug-likeness (QED) is 0.457. The summed E-state index contributed by atoms with van der Waals surface area (Å²) < 4.78 is 0. The van der Waals surface area contributed by atoms with Crippen LogP contribution in [0.25, 0.3) is 0 Å². The lowest BCUT2D eigenvalue weighted by Gasteiger charge is -2.57. The monoisotopic (exact) mass is 410 g/mol. The van der Waals surface area contributed by atoms with Gasteiger partial charge in [-0.05, 0) is 105 Å². The first kappa shape index (κ1) is 22.4. The van der Waals surface area contributed by atoms with Gasteiger partial charge in [-0.25, -0.2) is 0 Å². The zero-order valence-corrected chi connectivity index (χ0v) is 20.3. The molecule has 0 spiro atoms. The van der Waals surface area contributed by atoms with Gasteiger partial charge < -0.3 is 5.11 Å². The van der Waals surface area contributed by atoms with Crippen LogP contribution < -0.4 is 0 Å². The molecule has 5 aliphatic carbocycles. The van der Waals surface area contributed by atoms with Gasteiger partial charge in [-0.1, -0.05) is 69.6 Å². The van der Waals surface area contributed by atoms with Crippen LogP contribution in [0.2, 0.25) is 0 Å². The molecule has 1 nitrogen and oxygen atoms in total. The molecular weight excluding hydrogens is 364 g/mol. The van der Waals surface area contributed by atoms with Gasteiger partial charge in [-0.2, -0.15) is 0 Å². The Hall–Kier alpha value is -0.820. The van der Waals surface area contributed by atoms with Crippen molar-refractivity contribution in [3.63, 3.8) is 0 Å². The van der Waals surface area contributed by atoms with Gasteiger partial charge in [0.2, 0.25) is 0 Å². The summed E-state index contributed by atoms with van der Waals surface area (Å²) in [6, 6.07) is 0. The maximum absolute atomic E-state index is 10.1. The molecule has 0 aromatic rings. The third-order valence-corrected chi connectivity index (χ3v) is 10.2. The van der Waals surface area contributed by atoms with E-state index in [0.29, 0.717) is 10.8 Å². The lowest BCUT2D eigenvalue weighted by molar-refractivity contribution is -0.0299. The average Bonchev–Trinajstić information content (AvgIpc) is 3.30. The summed E-state index contributed by atoms with van der Waals surface area (Å²) in [7, 11) is 0. The number of fused-ring (bicyclic) bond motifs is 5. The molecule has 1 heteroatoms. The maximum Gasteiger partial charge on any atom is 0.0577 e. The van der Waals surface area contributed by atoms with Crippen LogP contribution in [0.1, 0.15) is 105 Å². The standard InChI is InChI=1S/C21H32O.C8H14/c1-4-14-6-8-18-17-7-5-15-13-16(22)9-11-21(15,3)19(17)10-12-20(14,18)2;1-3-8-6-4-5-7(8)2/h5-6,16-19,22H,4,7-13H2,1-3H3;6-7H,3-5H2,1-2H3/t16-,17?,18?,19?,20+,21-;/m0./s1. The van der Waals surface area contributed by atoms with E-state index in [9.17, 15) is 5.11 Å². The van der Waals surface area contributed by atoms with Gasteiger partial charge in [0.15, 0.2) is 0 Å². The Morgan fingerprint density at radius 2 is 1.67 bits per heavy atom. The minimum atomic E-state index is -0.0791. The number of aliphatic hydroxyl groups excluding tert-OH is 1. The van der Waals surface area contributed by atoms with E-state index in [-0.39, 0.29) is 6.10 Å². The van der Waals surface area contributed by atoms with Crippen molar-refractivity contribution in [2.24, 2.45) is 34.5 Å². The molecule has 0 heterocycles. The molecule has 2 fully saturated rings. The fraction of sp³-hybridized carbons (Fsp3) is 0.793. The highest BCUT2D eigenvalue weighted by Gasteiger charge is 2.56. The first-order valence-corrected chi connectivity index (χ1v) is 13.1. The van der Waals surface area contributed by atoms with Crippen molar-refractivity contribution in [1.29, 1.82) is 0 Å². The van der Waals surface area contributed by atoms with Crippen molar-refractivity contribution >= 4 is 0 Å². The normalized spacial score (nSPS) is 44.6. The van der Waals surface area contributed by atoms with Crippen LogP contribution in [0, 0.1) is 34.5 Å². The number of aliphatic hydroxyl groups is 1. The first-order chi connectivity index (χ1) is 14.3. The molecule has 4 unspecified atom stereocenters. The second-order valence-corrected chi connectivity index (χ2v) is 11.5. The summed E-state index contributed by atoms with van der Waals surface area (Å²) in [6.07, 6.45) is 21.2. The molecule has 7 atom stereocenters. The van der Waals surface area contributed by atoms with E-state index >= 15 is 0 Å². The maximum atomic E-state index is 10.1. The Bertz CT molecular complexity index is 727. The highest BCUT2D eigenvalue weighted by atomic mass is 16.3. The van der Waals surface area contributed by atoms with Gasteiger partial charge in [0.25, 0.3) is 0 Å². The minimum absolute atomic E-state index is 0.0791. The summed E-state index contributed by atoms with van der Waals surface area (Å²) in [6.45, 7) is 12.0. The molecule has 168 valence electrons. The molecule has 30 heavy (non-hydrogen) atoms. The molecule has 0 bridgehead atoms. The van der Waals surface area contributed by atoms with Gasteiger partial charge in [0.05, 0.1) is 6.10 Å². The summed E-state index contributed by atoms with van der Waals surface area (Å²) in [5.74, 6) is 3.51. The van der Waals surface area contributed by atoms with E-state index in [1.807, 2.05) is 0 Å². The van der Waals surface area contributed by atoms with Gasteiger partial charge in [-0.15, -0.1) is 0 Å². The van der Waals surface area contributed by atoms with Gasteiger partial charge in [0.1, 0.15) is 0 Å². The predicted molar refractivity (Wildman–Crippen MR) is 128 cm³/mol. The third-order valence-electron chi connectivity index (χ3n) is 10.2. The SMILES string of the molecule is CCC1=CCC2C3CC=C4C[C@@H](O)CC[C@]4(C)C3CC[C@]12C.CCC1=CCCC1C. The molecular formula is C29H46O. The number of rotatable bonds is 2. The average molecular weight is 411 g/mol. The number of hydrogen-bond donors (Lipinski definition) is 1. The first-order valence-electron chi connectivity index (χ1n) is 13.1. The minimum Gasteiger partial charge on any atom is -0.393 e. The van der Waals surface area contributed by atoms with Crippen molar-refractivity contribution in [2.45, 2.75) is 111 Å². The largest absolute Gasteiger partial charge is 0.393 e. The zero-order valence-electron chi connectivity index (χ0n) is 20.3. The van der Waals surface area contributed by atoms with Crippen molar-refractivity contribution < 1.29 is 5.11 Å². The van der Waals surface area contributed by atoms with Gasteiger partial charge >= 0.3 is 0 Å². The smallest absolute Gasteiger partial charge is 0.0577 e. The number of allylic oxidation sites excluding steroid dienone is 5. The van der Waals surface area contributed by atoms with Crippen molar-refractivity contribution in [2.75, 3.05) is 0 Å². The van der Waals surface area contributed by atoms with Gasteiger partial charge in [-0.3, -0.25) is 0 Å². The van der Waals surface area contributed by atoms with Crippen LogP contribution in [-0.4, -0.2) is 11.2 Å². The molecule has 5 aliphatic rings. The Morgan fingerprint density at radius 3 is 2.30 bits per heavy atom. The van der Waals surface area contributed by atoms with Gasteiger partial charge in [0, 0.05) is 0 Å². The molecule has 0 radical (unpaired) electrons. The molecule has 0 saturated heterocycles. The van der Waals surface area contributed by atoms with Crippen LogP contribution >= 0.6 is 0 Å². The number of hydrogen-bond acceptors (Lipinski definition) is 1. The van der Waals surface area contributed by atoms with Crippen LogP contribution in [-0.2, 0) is 0 Å². The fourth-order valence-electron chi connectivity index (χ4n) is 8.24. The topological polar surface area (TPSA) is 20.2 Å². The second-order valence-electron chi connectivity index (χ2n) is 11.5. The lowest BCUT2D eigenvalue weighted by Crippen LogP contribution is -2.49. The third kappa shape index (κ3) is 3.68. The molecule has 5 rings (SSSR count). The Kier molecular flexibility index (Phi) is 6.42. The fourth-order valence-corrected chi connectivity index (χ4v) is 8.24. The summed E-state index contributed by atoms with van der Waals surface area (Å²) >= 11 is 0.